The summed E-state index contributed by atoms with van der Waals surface area (Å²) >= 11 is 1.55. The molecule has 3 N–H and O–H groups in total. The molecule has 0 aliphatic heterocycles. The molecule has 1 aromatic carbocycles. The fraction of sp³-hybridized carbons (Fsp3) is 0.381. The molecule has 1 unspecified atom stereocenters. The lowest BCUT2D eigenvalue weighted by Crippen LogP contribution is -3.11. The van der Waals surface area contributed by atoms with Gasteiger partial charge in [0, 0.05) is 16.3 Å². The van der Waals surface area contributed by atoms with Crippen molar-refractivity contribution in [2.75, 3.05) is 38.3 Å². The Bertz CT molecular complexity index is 907. The number of hydrogen-bond acceptors (Lipinski definition) is 5. The fourth-order valence-corrected chi connectivity index (χ4v) is 3.78. The molecule has 7 nitrogen and oxygen atoms in total. The first kappa shape index (κ1) is 22.7. The van der Waals surface area contributed by atoms with E-state index >= 15 is 0 Å². The largest absolute Gasteiger partial charge is 0.462 e. The van der Waals surface area contributed by atoms with Crippen LogP contribution >= 0.6 is 11.8 Å². The molecule has 1 atom stereocenters. The molecule has 1 heterocycles. The second kappa shape index (κ2) is 10.3. The van der Waals surface area contributed by atoms with E-state index in [4.69, 9.17) is 4.74 Å². The molecule has 0 saturated heterocycles. The van der Waals surface area contributed by atoms with Gasteiger partial charge in [0.2, 0.25) is 5.78 Å². The highest BCUT2D eigenvalue weighted by molar-refractivity contribution is 7.98. The predicted octanol–water partition coefficient (Wildman–Crippen LogP) is 1.87. The summed E-state index contributed by atoms with van der Waals surface area (Å²) in [5.74, 6) is -0.893. The van der Waals surface area contributed by atoms with E-state index in [1.165, 1.54) is 0 Å². The molecular formula is C21H28N3O4S+. The molecule has 0 aliphatic carbocycles. The Morgan fingerprint density at radius 3 is 2.41 bits per heavy atom. The minimum Gasteiger partial charge on any atom is -0.462 e. The maximum absolute atomic E-state index is 12.9. The van der Waals surface area contributed by atoms with Crippen molar-refractivity contribution in [1.29, 1.82) is 0 Å². The van der Waals surface area contributed by atoms with E-state index in [-0.39, 0.29) is 37.0 Å². The number of ether oxygens (including phenoxy) is 1. The van der Waals surface area contributed by atoms with Gasteiger partial charge in [0.25, 0.3) is 5.91 Å². The second-order valence-electron chi connectivity index (χ2n) is 6.83. The quantitative estimate of drug-likeness (QED) is 0.328. The number of nitrogens with one attached hydrogen (secondary N) is 3. The van der Waals surface area contributed by atoms with Crippen molar-refractivity contribution in [2.45, 2.75) is 25.7 Å². The Morgan fingerprint density at radius 2 is 1.76 bits per heavy atom. The summed E-state index contributed by atoms with van der Waals surface area (Å²) in [6.45, 7) is 5.67. The zero-order chi connectivity index (χ0) is 21.6. The molecule has 0 bridgehead atoms. The highest BCUT2D eigenvalue weighted by atomic mass is 32.2. The average molecular weight is 419 g/mol. The third kappa shape index (κ3) is 5.71. The van der Waals surface area contributed by atoms with Crippen molar-refractivity contribution >= 4 is 35.1 Å². The molecule has 0 saturated carbocycles. The van der Waals surface area contributed by atoms with Crippen LogP contribution in [0.4, 0.5) is 5.69 Å². The summed E-state index contributed by atoms with van der Waals surface area (Å²) in [5.41, 5.74) is 2.61. The average Bonchev–Trinajstić information content (AvgIpc) is 2.96. The van der Waals surface area contributed by atoms with E-state index in [1.807, 2.05) is 30.5 Å². The number of rotatable bonds is 9. The highest BCUT2D eigenvalue weighted by Crippen LogP contribution is 2.24. The van der Waals surface area contributed by atoms with Crippen molar-refractivity contribution in [3.8, 4) is 0 Å². The first-order valence-electron chi connectivity index (χ1n) is 9.42. The lowest BCUT2D eigenvalue weighted by molar-refractivity contribution is -0.861. The van der Waals surface area contributed by atoms with Crippen LogP contribution in [0.25, 0.3) is 0 Å². The zero-order valence-electron chi connectivity index (χ0n) is 17.5. The number of quaternary nitrogens is 1. The van der Waals surface area contributed by atoms with Crippen LogP contribution in [0.5, 0.6) is 0 Å². The minimum absolute atomic E-state index is 0.0854. The number of aryl methyl sites for hydroxylation is 2. The Labute approximate surface area is 175 Å². The van der Waals surface area contributed by atoms with Crippen molar-refractivity contribution in [3.63, 3.8) is 0 Å². The van der Waals surface area contributed by atoms with Gasteiger partial charge in [-0.3, -0.25) is 9.59 Å². The zero-order valence-corrected chi connectivity index (χ0v) is 18.3. The van der Waals surface area contributed by atoms with E-state index in [1.54, 1.807) is 39.6 Å². The number of carbonyl (C=O) groups excluding carboxylic acids is 3. The van der Waals surface area contributed by atoms with Gasteiger partial charge in [-0.05, 0) is 39.2 Å². The van der Waals surface area contributed by atoms with Crippen molar-refractivity contribution < 1.29 is 24.0 Å². The number of thioether (sulfide) groups is 1. The van der Waals surface area contributed by atoms with Crippen LogP contribution in [-0.4, -0.2) is 55.6 Å². The lowest BCUT2D eigenvalue weighted by Gasteiger charge is -2.15. The third-order valence-corrected chi connectivity index (χ3v) is 5.23. The molecule has 0 spiro atoms. The van der Waals surface area contributed by atoms with Crippen LogP contribution in [0, 0.1) is 13.8 Å². The van der Waals surface area contributed by atoms with E-state index in [9.17, 15) is 14.4 Å². The molecule has 2 aromatic rings. The number of aromatic amines is 1. The van der Waals surface area contributed by atoms with Crippen molar-refractivity contribution in [3.05, 3.63) is 46.8 Å². The van der Waals surface area contributed by atoms with Gasteiger partial charge in [0.05, 0.1) is 30.5 Å². The molecular weight excluding hydrogens is 390 g/mol. The Kier molecular flexibility index (Phi) is 8.04. The smallest absolute Gasteiger partial charge is 0.340 e. The Hall–Kier alpha value is -2.58. The Morgan fingerprint density at radius 1 is 1.10 bits per heavy atom. The SMILES string of the molecule is CCOC(=O)c1c(C)[nH]c(C)c1C(=O)C[NH+](C)CC(=O)Nc1ccccc1SC. The van der Waals surface area contributed by atoms with Gasteiger partial charge in [0.15, 0.2) is 6.54 Å². The summed E-state index contributed by atoms with van der Waals surface area (Å²) in [5, 5.41) is 2.90. The van der Waals surface area contributed by atoms with Crippen LogP contribution in [0.3, 0.4) is 0 Å². The standard InChI is InChI=1S/C21H27N3O4S/c1-6-28-21(27)20-14(3)22-13(2)19(20)16(25)11-24(4)12-18(26)23-15-9-7-8-10-17(15)29-5/h7-10,22H,6,11-12H2,1-5H3,(H,23,26)/p+1. The third-order valence-electron chi connectivity index (χ3n) is 4.44. The molecule has 156 valence electrons. The molecule has 0 aliphatic rings. The number of H-pyrrole nitrogens is 1. The Balaban J connectivity index is 2.06. The van der Waals surface area contributed by atoms with Crippen LogP contribution in [-0.2, 0) is 9.53 Å². The number of amides is 1. The van der Waals surface area contributed by atoms with Crippen LogP contribution in [0.2, 0.25) is 0 Å². The summed E-state index contributed by atoms with van der Waals surface area (Å²) in [6.07, 6.45) is 1.95. The number of benzene rings is 1. The van der Waals surface area contributed by atoms with Crippen molar-refractivity contribution in [2.24, 2.45) is 0 Å². The maximum Gasteiger partial charge on any atom is 0.340 e. The number of anilines is 1. The summed E-state index contributed by atoms with van der Waals surface area (Å²) < 4.78 is 5.09. The molecule has 8 heteroatoms. The predicted molar refractivity (Wildman–Crippen MR) is 114 cm³/mol. The van der Waals surface area contributed by atoms with Gasteiger partial charge < -0.3 is 19.9 Å². The van der Waals surface area contributed by atoms with Gasteiger partial charge in [0.1, 0.15) is 6.54 Å². The van der Waals surface area contributed by atoms with Gasteiger partial charge in [-0.2, -0.15) is 0 Å². The summed E-state index contributed by atoms with van der Waals surface area (Å²) in [4.78, 5) is 42.3. The normalized spacial score (nSPS) is 11.8. The topological polar surface area (TPSA) is 92.7 Å². The van der Waals surface area contributed by atoms with Gasteiger partial charge in [-0.25, -0.2) is 4.79 Å². The minimum atomic E-state index is -0.512. The number of likely N-dealkylation sites (N-methyl/N-ethyl adjacent to an activating group) is 1. The van der Waals surface area contributed by atoms with E-state index in [2.05, 4.69) is 10.3 Å². The van der Waals surface area contributed by atoms with Gasteiger partial charge in [-0.15, -0.1) is 11.8 Å². The second-order valence-corrected chi connectivity index (χ2v) is 7.68. The van der Waals surface area contributed by atoms with Crippen molar-refractivity contribution in [1.82, 2.24) is 4.98 Å². The molecule has 1 aromatic heterocycles. The molecule has 0 fully saturated rings. The van der Waals surface area contributed by atoms with Crippen LogP contribution < -0.4 is 10.2 Å². The number of hydrogen-bond donors (Lipinski definition) is 3. The number of Topliss-reactive ketones (excluding diaryl/α,β-unsaturated/α-hetero) is 1. The number of aromatic nitrogens is 1. The van der Waals surface area contributed by atoms with Crippen LogP contribution in [0.1, 0.15) is 39.0 Å². The highest BCUT2D eigenvalue weighted by Gasteiger charge is 2.27. The monoisotopic (exact) mass is 418 g/mol. The van der Waals surface area contributed by atoms with E-state index in [0.717, 1.165) is 15.5 Å². The first-order valence-corrected chi connectivity index (χ1v) is 10.6. The lowest BCUT2D eigenvalue weighted by atomic mass is 10.0. The number of carbonyl (C=O) groups is 3. The maximum atomic E-state index is 12.9. The fourth-order valence-electron chi connectivity index (χ4n) is 3.23. The number of para-hydroxylation sites is 1. The van der Waals surface area contributed by atoms with Crippen LogP contribution in [0.15, 0.2) is 29.2 Å². The number of ketones is 1. The van der Waals surface area contributed by atoms with Gasteiger partial charge >= 0.3 is 5.97 Å². The molecule has 29 heavy (non-hydrogen) atoms. The molecule has 1 amide bonds. The van der Waals surface area contributed by atoms with Gasteiger partial charge in [-0.1, -0.05) is 12.1 Å². The summed E-state index contributed by atoms with van der Waals surface area (Å²) in [7, 11) is 1.77. The van der Waals surface area contributed by atoms with E-state index in [0.29, 0.717) is 17.0 Å². The first-order chi connectivity index (χ1) is 13.8. The number of esters is 1. The summed E-state index contributed by atoms with van der Waals surface area (Å²) in [6, 6.07) is 7.57. The molecule has 0 radical (unpaired) electrons. The van der Waals surface area contributed by atoms with E-state index < -0.39 is 5.97 Å². The molecule has 2 rings (SSSR count).